The largest absolute Gasteiger partial charge is 0.493 e. The van der Waals surface area contributed by atoms with Crippen molar-refractivity contribution in [1.82, 2.24) is 0 Å². The Bertz CT molecular complexity index is 1090. The highest BCUT2D eigenvalue weighted by atomic mass is 35.5. The number of ether oxygens (including phenoxy) is 3. The van der Waals surface area contributed by atoms with Crippen LogP contribution < -0.4 is 23.8 Å². The van der Waals surface area contributed by atoms with Gasteiger partial charge in [0.05, 0.1) is 37.8 Å². The number of nitrogens with zero attached hydrogens (tertiary/aromatic N) is 1. The zero-order valence-electron chi connectivity index (χ0n) is 16.4. The third-order valence-corrected chi connectivity index (χ3v) is 6.42. The number of hydrogen-bond acceptors (Lipinski definition) is 7. The maximum absolute atomic E-state index is 12.8. The lowest BCUT2D eigenvalue weighted by Gasteiger charge is -2.18. The van der Waals surface area contributed by atoms with Gasteiger partial charge in [-0.15, -0.1) is 0 Å². The van der Waals surface area contributed by atoms with E-state index in [1.807, 2.05) is 0 Å². The summed E-state index contributed by atoms with van der Waals surface area (Å²) in [5, 5.41) is 2.72. The van der Waals surface area contributed by atoms with E-state index in [0.29, 0.717) is 27.2 Å². The topological polar surface area (TPSA) is 111 Å². The fourth-order valence-electron chi connectivity index (χ4n) is 3.01. The van der Waals surface area contributed by atoms with E-state index in [1.165, 1.54) is 39.5 Å². The fourth-order valence-corrected chi connectivity index (χ4v) is 4.73. The van der Waals surface area contributed by atoms with Crippen LogP contribution in [0.2, 0.25) is 5.02 Å². The normalized spacial score (nSPS) is 15.1. The van der Waals surface area contributed by atoms with E-state index in [0.717, 1.165) is 0 Å². The molecule has 9 nitrogen and oxygen atoms in total. The van der Waals surface area contributed by atoms with Gasteiger partial charge in [0, 0.05) is 29.8 Å². The summed E-state index contributed by atoms with van der Waals surface area (Å²) in [6.07, 6.45) is -0.138. The van der Waals surface area contributed by atoms with Crippen molar-refractivity contribution in [3.8, 4) is 17.2 Å². The van der Waals surface area contributed by atoms with Crippen LogP contribution in [0.25, 0.3) is 0 Å². The van der Waals surface area contributed by atoms with Gasteiger partial charge in [-0.3, -0.25) is 9.59 Å². The molecule has 30 heavy (non-hydrogen) atoms. The second kappa shape index (κ2) is 8.41. The van der Waals surface area contributed by atoms with E-state index in [1.54, 1.807) is 12.1 Å². The first-order valence-electron chi connectivity index (χ1n) is 8.68. The van der Waals surface area contributed by atoms with Crippen molar-refractivity contribution in [2.24, 2.45) is 0 Å². The first kappa shape index (κ1) is 21.7. The van der Waals surface area contributed by atoms with E-state index in [2.05, 4.69) is 5.32 Å². The molecule has 0 atom stereocenters. The molecule has 0 aromatic heterocycles. The Labute approximate surface area is 178 Å². The summed E-state index contributed by atoms with van der Waals surface area (Å²) in [4.78, 5) is 24.8. The molecule has 1 saturated heterocycles. The molecule has 2 aromatic rings. The van der Waals surface area contributed by atoms with E-state index in [-0.39, 0.29) is 28.4 Å². The molecule has 1 aliphatic rings. The van der Waals surface area contributed by atoms with Gasteiger partial charge in [-0.2, -0.15) is 0 Å². The monoisotopic (exact) mass is 454 g/mol. The number of anilines is 2. The highest BCUT2D eigenvalue weighted by Crippen LogP contribution is 2.40. The van der Waals surface area contributed by atoms with E-state index >= 15 is 0 Å². The first-order chi connectivity index (χ1) is 14.2. The minimum Gasteiger partial charge on any atom is -0.493 e. The molecule has 1 heterocycles. The van der Waals surface area contributed by atoms with Gasteiger partial charge in [0.25, 0.3) is 5.91 Å². The number of sulfonamides is 1. The van der Waals surface area contributed by atoms with Crippen LogP contribution in [0.3, 0.4) is 0 Å². The van der Waals surface area contributed by atoms with Crippen molar-refractivity contribution in [3.05, 3.63) is 40.9 Å². The highest BCUT2D eigenvalue weighted by molar-refractivity contribution is 7.94. The number of carbonyl (C=O) groups is 2. The summed E-state index contributed by atoms with van der Waals surface area (Å²) in [6, 6.07) is 7.14. The molecular formula is C19H19ClN2O7S. The van der Waals surface area contributed by atoms with Crippen LogP contribution in [0.1, 0.15) is 16.8 Å². The van der Waals surface area contributed by atoms with Crippen LogP contribution in [0, 0.1) is 0 Å². The number of halogens is 1. The Kier molecular flexibility index (Phi) is 6.09. The van der Waals surface area contributed by atoms with Gasteiger partial charge >= 0.3 is 0 Å². The van der Waals surface area contributed by atoms with E-state index in [4.69, 9.17) is 25.8 Å². The maximum Gasteiger partial charge on any atom is 0.255 e. The van der Waals surface area contributed by atoms with Gasteiger partial charge in [-0.25, -0.2) is 12.7 Å². The van der Waals surface area contributed by atoms with Crippen LogP contribution in [0.4, 0.5) is 11.4 Å². The number of hydrogen-bond donors (Lipinski definition) is 1. The van der Waals surface area contributed by atoms with Gasteiger partial charge in [-0.1, -0.05) is 11.6 Å². The van der Waals surface area contributed by atoms with Crippen LogP contribution >= 0.6 is 11.6 Å². The molecule has 0 unspecified atom stereocenters. The molecule has 1 fully saturated rings. The quantitative estimate of drug-likeness (QED) is 0.714. The van der Waals surface area contributed by atoms with Crippen molar-refractivity contribution in [2.45, 2.75) is 6.42 Å². The van der Waals surface area contributed by atoms with E-state index in [9.17, 15) is 18.0 Å². The number of nitrogens with one attached hydrogen (secondary N) is 1. The second-order valence-corrected chi connectivity index (χ2v) is 8.60. The maximum atomic E-state index is 12.8. The molecule has 1 N–H and O–H groups in total. The summed E-state index contributed by atoms with van der Waals surface area (Å²) in [7, 11) is 0.534. The first-order valence-corrected chi connectivity index (χ1v) is 10.7. The molecule has 0 saturated carbocycles. The van der Waals surface area contributed by atoms with Crippen molar-refractivity contribution in [1.29, 1.82) is 0 Å². The van der Waals surface area contributed by atoms with Crippen molar-refractivity contribution in [2.75, 3.05) is 36.7 Å². The van der Waals surface area contributed by atoms with Gasteiger partial charge < -0.3 is 19.5 Å². The Hall–Kier alpha value is -2.98. The third-order valence-electron chi connectivity index (χ3n) is 4.43. The van der Waals surface area contributed by atoms with Crippen molar-refractivity contribution >= 4 is 44.8 Å². The zero-order chi connectivity index (χ0) is 22.1. The molecule has 2 amide bonds. The molecule has 0 bridgehead atoms. The Morgan fingerprint density at radius 3 is 2.20 bits per heavy atom. The molecule has 160 valence electrons. The lowest BCUT2D eigenvalue weighted by atomic mass is 10.1. The Morgan fingerprint density at radius 2 is 1.70 bits per heavy atom. The minimum absolute atomic E-state index is 0.0400. The molecule has 11 heteroatoms. The zero-order valence-corrected chi connectivity index (χ0v) is 18.0. The molecule has 1 aliphatic heterocycles. The Balaban J connectivity index is 1.95. The number of amides is 2. The third kappa shape index (κ3) is 4.01. The summed E-state index contributed by atoms with van der Waals surface area (Å²) in [5.41, 5.74) is 0.408. The van der Waals surface area contributed by atoms with Crippen molar-refractivity contribution in [3.63, 3.8) is 0 Å². The SMILES string of the molecule is COc1cc(NC(=O)c2ccc(Cl)c(N3C(=O)CCS3(=O)=O)c2)cc(OC)c1OC. The van der Waals surface area contributed by atoms with E-state index < -0.39 is 21.8 Å². The number of carbonyl (C=O) groups excluding carboxylic acids is 2. The van der Waals surface area contributed by atoms with Crippen molar-refractivity contribution < 1.29 is 32.2 Å². The van der Waals surface area contributed by atoms with Crippen LogP contribution in [-0.2, 0) is 14.8 Å². The lowest BCUT2D eigenvalue weighted by molar-refractivity contribution is -0.116. The second-order valence-electron chi connectivity index (χ2n) is 6.26. The standard InChI is InChI=1S/C19H19ClN2O7S/c1-27-15-9-12(10-16(28-2)18(15)29-3)21-19(24)11-4-5-13(20)14(8-11)22-17(23)6-7-30(22,25)26/h4-5,8-10H,6-7H2,1-3H3,(H,21,24). The molecule has 0 aliphatic carbocycles. The smallest absolute Gasteiger partial charge is 0.255 e. The molecule has 0 radical (unpaired) electrons. The Morgan fingerprint density at radius 1 is 1.07 bits per heavy atom. The van der Waals surface area contributed by atoms with Gasteiger partial charge in [0.2, 0.25) is 21.7 Å². The summed E-state index contributed by atoms with van der Waals surface area (Å²) >= 11 is 6.11. The molecule has 2 aromatic carbocycles. The average molecular weight is 455 g/mol. The van der Waals surface area contributed by atoms with Crippen LogP contribution in [0.15, 0.2) is 30.3 Å². The van der Waals surface area contributed by atoms with Crippen LogP contribution in [-0.4, -0.2) is 47.3 Å². The molecule has 3 rings (SSSR count). The highest BCUT2D eigenvalue weighted by Gasteiger charge is 2.37. The summed E-state index contributed by atoms with van der Waals surface area (Å²) in [5.74, 6) is -0.394. The minimum atomic E-state index is -3.82. The lowest BCUT2D eigenvalue weighted by Crippen LogP contribution is -2.29. The molecule has 0 spiro atoms. The number of methoxy groups -OCH3 is 3. The number of rotatable bonds is 6. The predicted octanol–water partition coefficient (Wildman–Crippen LogP) is 2.68. The predicted molar refractivity (Wildman–Crippen MR) is 111 cm³/mol. The molecular weight excluding hydrogens is 436 g/mol. The fraction of sp³-hybridized carbons (Fsp3) is 0.263. The van der Waals surface area contributed by atoms with Crippen LogP contribution in [0.5, 0.6) is 17.2 Å². The van der Waals surface area contributed by atoms with Gasteiger partial charge in [0.15, 0.2) is 11.5 Å². The van der Waals surface area contributed by atoms with Gasteiger partial charge in [0.1, 0.15) is 0 Å². The summed E-state index contributed by atoms with van der Waals surface area (Å²) < 4.78 is 40.8. The van der Waals surface area contributed by atoms with Gasteiger partial charge in [-0.05, 0) is 18.2 Å². The average Bonchev–Trinajstić information content (AvgIpc) is 2.99. The summed E-state index contributed by atoms with van der Waals surface area (Å²) in [6.45, 7) is 0. The number of benzene rings is 2.